The van der Waals surface area contributed by atoms with E-state index in [0.29, 0.717) is 24.4 Å². The monoisotopic (exact) mass is 461 g/mol. The van der Waals surface area contributed by atoms with Crippen LogP contribution in [0.5, 0.6) is 5.75 Å². The summed E-state index contributed by atoms with van der Waals surface area (Å²) in [5.74, 6) is 0.995. The van der Waals surface area contributed by atoms with Gasteiger partial charge in [0, 0.05) is 24.1 Å². The van der Waals surface area contributed by atoms with Crippen LogP contribution in [0.2, 0.25) is 0 Å². The number of benzene rings is 1. The number of methoxy groups -OCH3 is 1. The molecule has 0 saturated carbocycles. The Balaban J connectivity index is 1.45. The van der Waals surface area contributed by atoms with Crippen LogP contribution < -0.4 is 4.74 Å². The van der Waals surface area contributed by atoms with Gasteiger partial charge >= 0.3 is 0 Å². The van der Waals surface area contributed by atoms with Crippen LogP contribution in [0.15, 0.2) is 24.3 Å². The van der Waals surface area contributed by atoms with Crippen molar-refractivity contribution in [1.82, 2.24) is 4.90 Å². The molecule has 31 heavy (non-hydrogen) atoms. The van der Waals surface area contributed by atoms with E-state index in [1.165, 1.54) is 28.0 Å². The maximum Gasteiger partial charge on any atom is 0.264 e. The minimum atomic E-state index is -3.08. The molecule has 3 heterocycles. The van der Waals surface area contributed by atoms with Gasteiger partial charge in [-0.1, -0.05) is 0 Å². The number of rotatable bonds is 5. The highest BCUT2D eigenvalue weighted by Crippen LogP contribution is 2.41. The van der Waals surface area contributed by atoms with Gasteiger partial charge in [-0.05, 0) is 73.1 Å². The zero-order valence-electron chi connectivity index (χ0n) is 17.6. The number of ether oxygens (including phenoxy) is 2. The smallest absolute Gasteiger partial charge is 0.264 e. The van der Waals surface area contributed by atoms with E-state index >= 15 is 0 Å². The Hall–Kier alpha value is -1.90. The molecule has 5 rings (SSSR count). The van der Waals surface area contributed by atoms with Crippen LogP contribution in [0.25, 0.3) is 10.4 Å². The van der Waals surface area contributed by atoms with Crippen LogP contribution in [0.1, 0.15) is 40.1 Å². The second kappa shape index (κ2) is 8.22. The molecule has 0 bridgehead atoms. The number of carbonyl (C=O) groups is 1. The molecule has 2 fully saturated rings. The fourth-order valence-electron chi connectivity index (χ4n) is 4.91. The lowest BCUT2D eigenvalue weighted by Gasteiger charge is -2.30. The first-order valence-electron chi connectivity index (χ1n) is 10.9. The van der Waals surface area contributed by atoms with Gasteiger partial charge in [-0.3, -0.25) is 4.79 Å². The van der Waals surface area contributed by atoms with Crippen molar-refractivity contribution in [3.63, 3.8) is 0 Å². The average molecular weight is 462 g/mol. The number of hydrogen-bond donors (Lipinski definition) is 0. The summed E-state index contributed by atoms with van der Waals surface area (Å²) >= 11 is 1.52. The first kappa shape index (κ1) is 21.0. The highest BCUT2D eigenvalue weighted by atomic mass is 32.2. The highest BCUT2D eigenvalue weighted by molar-refractivity contribution is 7.91. The molecule has 0 unspecified atom stereocenters. The van der Waals surface area contributed by atoms with Crippen molar-refractivity contribution in [3.05, 3.63) is 40.3 Å². The van der Waals surface area contributed by atoms with E-state index in [0.717, 1.165) is 36.3 Å². The van der Waals surface area contributed by atoms with Gasteiger partial charge in [0.15, 0.2) is 9.84 Å². The summed E-state index contributed by atoms with van der Waals surface area (Å²) in [7, 11) is -1.41. The van der Waals surface area contributed by atoms with Crippen LogP contribution in [-0.4, -0.2) is 63.1 Å². The van der Waals surface area contributed by atoms with Crippen LogP contribution in [-0.2, 0) is 27.4 Å². The predicted octanol–water partition coefficient (Wildman–Crippen LogP) is 3.33. The van der Waals surface area contributed by atoms with Gasteiger partial charge < -0.3 is 14.4 Å². The van der Waals surface area contributed by atoms with Crippen molar-refractivity contribution in [2.24, 2.45) is 0 Å². The fourth-order valence-corrected chi connectivity index (χ4v) is 7.87. The van der Waals surface area contributed by atoms with Crippen molar-refractivity contribution in [3.8, 4) is 16.2 Å². The standard InChI is InChI=1S/C23H27NO5S2/c1-28-18-6-7-20-15(11-18)4-5-16-12-21(30-22(16)20)23(25)24(13-19-3-2-9-29-19)17-8-10-31(26,27)14-17/h6-7,11-12,17,19H,2-5,8-10,13-14H2,1H3/t17-,19-/m0/s1. The Bertz CT molecular complexity index is 1100. The number of sulfone groups is 1. The summed E-state index contributed by atoms with van der Waals surface area (Å²) in [5, 5.41) is 0. The van der Waals surface area contributed by atoms with E-state index < -0.39 is 9.84 Å². The first-order valence-corrected chi connectivity index (χ1v) is 13.5. The highest BCUT2D eigenvalue weighted by Gasteiger charge is 2.37. The molecule has 166 valence electrons. The van der Waals surface area contributed by atoms with Gasteiger partial charge in [0.1, 0.15) is 5.75 Å². The molecule has 1 amide bonds. The molecule has 3 aliphatic rings. The molecule has 1 aliphatic carbocycles. The fraction of sp³-hybridized carbons (Fsp3) is 0.522. The lowest BCUT2D eigenvalue weighted by atomic mass is 9.91. The molecule has 8 heteroatoms. The number of nitrogens with zero attached hydrogens (tertiary/aromatic N) is 1. The van der Waals surface area contributed by atoms with E-state index in [1.807, 2.05) is 12.1 Å². The van der Waals surface area contributed by atoms with Gasteiger partial charge in [-0.15, -0.1) is 11.3 Å². The van der Waals surface area contributed by atoms with Crippen LogP contribution in [0.4, 0.5) is 0 Å². The molecule has 6 nitrogen and oxygen atoms in total. The molecule has 2 saturated heterocycles. The summed E-state index contributed by atoms with van der Waals surface area (Å²) in [6.07, 6.45) is 4.22. The molecule has 0 spiro atoms. The van der Waals surface area contributed by atoms with Gasteiger partial charge in [-0.2, -0.15) is 0 Å². The molecule has 2 atom stereocenters. The van der Waals surface area contributed by atoms with E-state index in [-0.39, 0.29) is 29.6 Å². The number of hydrogen-bond acceptors (Lipinski definition) is 6. The quantitative estimate of drug-likeness (QED) is 0.683. The van der Waals surface area contributed by atoms with E-state index in [9.17, 15) is 13.2 Å². The van der Waals surface area contributed by atoms with Gasteiger partial charge in [0.2, 0.25) is 0 Å². The summed E-state index contributed by atoms with van der Waals surface area (Å²) in [6.45, 7) is 1.18. The Morgan fingerprint density at radius 2 is 2.06 bits per heavy atom. The molecule has 0 radical (unpaired) electrons. The Labute approximate surface area is 187 Å². The molecule has 2 aromatic rings. The number of aryl methyl sites for hydroxylation is 2. The second-order valence-electron chi connectivity index (χ2n) is 8.64. The molecular weight excluding hydrogens is 434 g/mol. The lowest BCUT2D eigenvalue weighted by molar-refractivity contribution is 0.0445. The Morgan fingerprint density at radius 3 is 2.77 bits per heavy atom. The number of thiophene rings is 1. The molecule has 1 aromatic carbocycles. The first-order chi connectivity index (χ1) is 14.9. The molecule has 1 aromatic heterocycles. The normalized spacial score (nSPS) is 23.9. The minimum Gasteiger partial charge on any atom is -0.497 e. The maximum absolute atomic E-state index is 13.6. The SMILES string of the molecule is COc1ccc2c(c1)CCc1cc(C(=O)N(C[C@@H]3CCCO3)[C@H]3CCS(=O)(=O)C3)sc1-2. The zero-order valence-corrected chi connectivity index (χ0v) is 19.3. The van der Waals surface area contributed by atoms with E-state index in [1.54, 1.807) is 12.0 Å². The van der Waals surface area contributed by atoms with Crippen molar-refractivity contribution < 1.29 is 22.7 Å². The van der Waals surface area contributed by atoms with Crippen molar-refractivity contribution >= 4 is 27.1 Å². The van der Waals surface area contributed by atoms with Gasteiger partial charge in [-0.25, -0.2) is 8.42 Å². The minimum absolute atomic E-state index is 0.00460. The average Bonchev–Trinajstić information content (AvgIpc) is 3.50. The summed E-state index contributed by atoms with van der Waals surface area (Å²) in [6, 6.07) is 7.86. The van der Waals surface area contributed by atoms with Crippen LogP contribution in [0.3, 0.4) is 0 Å². The lowest BCUT2D eigenvalue weighted by Crippen LogP contribution is -2.45. The van der Waals surface area contributed by atoms with Crippen molar-refractivity contribution in [1.29, 1.82) is 0 Å². The molecule has 0 N–H and O–H groups in total. The second-order valence-corrected chi connectivity index (χ2v) is 11.9. The summed E-state index contributed by atoms with van der Waals surface area (Å²) < 4.78 is 35.4. The molecular formula is C23H27NO5S2. The largest absolute Gasteiger partial charge is 0.497 e. The summed E-state index contributed by atoms with van der Waals surface area (Å²) in [5.41, 5.74) is 3.60. The topological polar surface area (TPSA) is 72.9 Å². The predicted molar refractivity (Wildman–Crippen MR) is 121 cm³/mol. The van der Waals surface area contributed by atoms with Gasteiger partial charge in [0.25, 0.3) is 5.91 Å². The Kier molecular flexibility index (Phi) is 5.56. The number of carbonyl (C=O) groups excluding carboxylic acids is 1. The third-order valence-corrected chi connectivity index (χ3v) is 9.52. The Morgan fingerprint density at radius 1 is 1.23 bits per heavy atom. The zero-order chi connectivity index (χ0) is 21.6. The van der Waals surface area contributed by atoms with E-state index in [4.69, 9.17) is 9.47 Å². The molecule has 2 aliphatic heterocycles. The maximum atomic E-state index is 13.6. The van der Waals surface area contributed by atoms with Gasteiger partial charge in [0.05, 0.1) is 29.6 Å². The number of fused-ring (bicyclic) bond motifs is 3. The van der Waals surface area contributed by atoms with Crippen molar-refractivity contribution in [2.45, 2.75) is 44.2 Å². The third-order valence-electron chi connectivity index (χ3n) is 6.57. The van der Waals surface area contributed by atoms with Crippen LogP contribution >= 0.6 is 11.3 Å². The van der Waals surface area contributed by atoms with Crippen LogP contribution in [0, 0.1) is 0 Å². The third kappa shape index (κ3) is 4.13. The van der Waals surface area contributed by atoms with E-state index in [2.05, 4.69) is 12.1 Å². The number of amides is 1. The van der Waals surface area contributed by atoms with Crippen molar-refractivity contribution in [2.75, 3.05) is 31.8 Å². The summed E-state index contributed by atoms with van der Waals surface area (Å²) in [4.78, 5) is 17.2.